The molecule has 0 saturated heterocycles. The van der Waals surface area contributed by atoms with Gasteiger partial charge in [0.1, 0.15) is 5.82 Å². The van der Waals surface area contributed by atoms with Crippen molar-refractivity contribution in [1.82, 2.24) is 19.8 Å². The van der Waals surface area contributed by atoms with Crippen molar-refractivity contribution in [2.45, 2.75) is 25.3 Å². The van der Waals surface area contributed by atoms with Crippen molar-refractivity contribution >= 4 is 11.5 Å². The van der Waals surface area contributed by atoms with E-state index in [1.807, 2.05) is 6.07 Å². The lowest BCUT2D eigenvalue weighted by Crippen LogP contribution is -2.22. The first-order valence-electron chi connectivity index (χ1n) is 5.69. The van der Waals surface area contributed by atoms with Gasteiger partial charge in [-0.3, -0.25) is 0 Å². The number of rotatable bonds is 2. The van der Waals surface area contributed by atoms with Gasteiger partial charge < -0.3 is 5.32 Å². The van der Waals surface area contributed by atoms with Crippen LogP contribution in [0.1, 0.15) is 19.3 Å². The second-order valence-electron chi connectivity index (χ2n) is 4.14. The van der Waals surface area contributed by atoms with Crippen molar-refractivity contribution in [2.75, 3.05) is 5.32 Å². The van der Waals surface area contributed by atoms with Crippen LogP contribution < -0.4 is 11.0 Å². The van der Waals surface area contributed by atoms with Crippen LogP contribution in [0, 0.1) is 0 Å². The first-order valence-corrected chi connectivity index (χ1v) is 5.69. The SMILES string of the molecule is O=c1[nH]nc2ccc(NC3CC=CCC3)nn12. The summed E-state index contributed by atoms with van der Waals surface area (Å²) in [6.07, 6.45) is 7.54. The number of fused-ring (bicyclic) bond motifs is 1. The number of anilines is 1. The van der Waals surface area contributed by atoms with Gasteiger partial charge in [-0.05, 0) is 31.4 Å². The van der Waals surface area contributed by atoms with Gasteiger partial charge in [0.25, 0.3) is 0 Å². The van der Waals surface area contributed by atoms with Crippen LogP contribution in [0.3, 0.4) is 0 Å². The Labute approximate surface area is 97.4 Å². The standard InChI is InChI=1S/C11H13N5O/c17-11-14-13-10-7-6-9(15-16(10)11)12-8-4-2-1-3-5-8/h1-2,6-8H,3-5H2,(H,12,15)(H,14,17). The molecule has 2 N–H and O–H groups in total. The highest BCUT2D eigenvalue weighted by Gasteiger charge is 2.10. The summed E-state index contributed by atoms with van der Waals surface area (Å²) in [5.41, 5.74) is 0.219. The molecule has 6 nitrogen and oxygen atoms in total. The average molecular weight is 231 g/mol. The number of nitrogens with zero attached hydrogens (tertiary/aromatic N) is 3. The third-order valence-electron chi connectivity index (χ3n) is 2.89. The van der Waals surface area contributed by atoms with Crippen LogP contribution in [0.15, 0.2) is 29.1 Å². The Bertz CT molecular complexity index is 612. The fourth-order valence-electron chi connectivity index (χ4n) is 2.01. The fraction of sp³-hybridized carbons (Fsp3) is 0.364. The minimum atomic E-state index is -0.313. The van der Waals surface area contributed by atoms with Crippen LogP contribution in [0.2, 0.25) is 0 Å². The molecule has 0 aliphatic heterocycles. The van der Waals surface area contributed by atoms with Crippen molar-refractivity contribution < 1.29 is 0 Å². The van der Waals surface area contributed by atoms with E-state index in [1.165, 1.54) is 4.52 Å². The van der Waals surface area contributed by atoms with E-state index in [-0.39, 0.29) is 5.69 Å². The molecule has 0 aromatic carbocycles. The highest BCUT2D eigenvalue weighted by Crippen LogP contribution is 2.15. The number of aromatic amines is 1. The van der Waals surface area contributed by atoms with E-state index in [4.69, 9.17) is 0 Å². The van der Waals surface area contributed by atoms with E-state index in [9.17, 15) is 4.79 Å². The smallest absolute Gasteiger partial charge is 0.364 e. The minimum absolute atomic E-state index is 0.313. The second kappa shape index (κ2) is 4.04. The number of hydrogen-bond acceptors (Lipinski definition) is 4. The van der Waals surface area contributed by atoms with Crippen LogP contribution in [-0.4, -0.2) is 25.9 Å². The highest BCUT2D eigenvalue weighted by atomic mass is 16.2. The molecule has 17 heavy (non-hydrogen) atoms. The van der Waals surface area contributed by atoms with Crippen molar-refractivity contribution in [3.63, 3.8) is 0 Å². The molecule has 0 saturated carbocycles. The lowest BCUT2D eigenvalue weighted by atomic mass is 10.0. The Hall–Kier alpha value is -2.11. The van der Waals surface area contributed by atoms with Gasteiger partial charge in [0.15, 0.2) is 5.65 Å². The number of aromatic nitrogens is 4. The van der Waals surface area contributed by atoms with Crippen molar-refractivity contribution in [3.8, 4) is 0 Å². The van der Waals surface area contributed by atoms with Gasteiger partial charge in [-0.15, -0.1) is 5.10 Å². The van der Waals surface area contributed by atoms with E-state index >= 15 is 0 Å². The predicted octanol–water partition coefficient (Wildman–Crippen LogP) is 0.938. The monoisotopic (exact) mass is 231 g/mol. The van der Waals surface area contributed by atoms with Gasteiger partial charge >= 0.3 is 5.69 Å². The molecule has 2 aromatic rings. The summed E-state index contributed by atoms with van der Waals surface area (Å²) in [4.78, 5) is 11.4. The summed E-state index contributed by atoms with van der Waals surface area (Å²) in [6, 6.07) is 4.01. The molecule has 3 rings (SSSR count). The zero-order chi connectivity index (χ0) is 11.7. The molecule has 2 aromatic heterocycles. The van der Waals surface area contributed by atoms with E-state index < -0.39 is 0 Å². The summed E-state index contributed by atoms with van der Waals surface area (Å²) in [7, 11) is 0. The minimum Gasteiger partial charge on any atom is -0.366 e. The third-order valence-corrected chi connectivity index (χ3v) is 2.89. The van der Waals surface area contributed by atoms with Gasteiger partial charge in [0, 0.05) is 6.04 Å². The molecule has 1 atom stereocenters. The number of hydrogen-bond donors (Lipinski definition) is 2. The molecule has 0 bridgehead atoms. The molecule has 2 heterocycles. The maximum Gasteiger partial charge on any atom is 0.364 e. The molecule has 1 aliphatic rings. The van der Waals surface area contributed by atoms with Crippen LogP contribution >= 0.6 is 0 Å². The number of allylic oxidation sites excluding steroid dienone is 1. The maximum absolute atomic E-state index is 11.4. The normalized spacial score (nSPS) is 19.6. The molecule has 1 unspecified atom stereocenters. The molecule has 1 aliphatic carbocycles. The fourth-order valence-corrected chi connectivity index (χ4v) is 2.01. The molecule has 0 fully saturated rings. The van der Waals surface area contributed by atoms with E-state index in [0.717, 1.165) is 19.3 Å². The molecular formula is C11H13N5O. The first kappa shape index (κ1) is 10.1. The first-order chi connectivity index (χ1) is 8.33. The Morgan fingerprint density at radius 1 is 1.41 bits per heavy atom. The summed E-state index contributed by atoms with van der Waals surface area (Å²) in [5.74, 6) is 0.710. The molecule has 0 radical (unpaired) electrons. The topological polar surface area (TPSA) is 75.1 Å². The molecule has 0 amide bonds. The predicted molar refractivity (Wildman–Crippen MR) is 64.0 cm³/mol. The van der Waals surface area contributed by atoms with Crippen molar-refractivity contribution in [1.29, 1.82) is 0 Å². The van der Waals surface area contributed by atoms with Gasteiger partial charge in [0.05, 0.1) is 0 Å². The van der Waals surface area contributed by atoms with Gasteiger partial charge in [0.2, 0.25) is 0 Å². The zero-order valence-electron chi connectivity index (χ0n) is 9.26. The van der Waals surface area contributed by atoms with E-state index in [1.54, 1.807) is 6.07 Å². The lowest BCUT2D eigenvalue weighted by Gasteiger charge is -2.19. The number of nitrogens with one attached hydrogen (secondary N) is 2. The molecule has 0 spiro atoms. The lowest BCUT2D eigenvalue weighted by molar-refractivity contribution is 0.639. The van der Waals surface area contributed by atoms with Gasteiger partial charge in [-0.1, -0.05) is 12.2 Å². The average Bonchev–Trinajstić information content (AvgIpc) is 2.73. The molecule has 88 valence electrons. The molecule has 6 heteroatoms. The highest BCUT2D eigenvalue weighted by molar-refractivity contribution is 5.43. The second-order valence-corrected chi connectivity index (χ2v) is 4.14. The summed E-state index contributed by atoms with van der Waals surface area (Å²) in [5, 5.41) is 13.7. The van der Waals surface area contributed by atoms with E-state index in [0.29, 0.717) is 17.5 Å². The largest absolute Gasteiger partial charge is 0.366 e. The summed E-state index contributed by atoms with van der Waals surface area (Å²) < 4.78 is 1.26. The zero-order valence-corrected chi connectivity index (χ0v) is 9.26. The Balaban J connectivity index is 1.87. The van der Waals surface area contributed by atoms with Crippen LogP contribution in [0.5, 0.6) is 0 Å². The van der Waals surface area contributed by atoms with Crippen molar-refractivity contribution in [2.24, 2.45) is 0 Å². The van der Waals surface area contributed by atoms with E-state index in [2.05, 4.69) is 32.8 Å². The Kier molecular flexibility index (Phi) is 2.40. The van der Waals surface area contributed by atoms with Crippen LogP contribution in [0.25, 0.3) is 5.65 Å². The van der Waals surface area contributed by atoms with Crippen molar-refractivity contribution in [3.05, 3.63) is 34.8 Å². The third kappa shape index (κ3) is 1.93. The van der Waals surface area contributed by atoms with Gasteiger partial charge in [-0.2, -0.15) is 9.61 Å². The Morgan fingerprint density at radius 3 is 3.18 bits per heavy atom. The summed E-state index contributed by atoms with van der Waals surface area (Å²) in [6.45, 7) is 0. The quantitative estimate of drug-likeness (QED) is 0.754. The molecular weight excluding hydrogens is 218 g/mol. The summed E-state index contributed by atoms with van der Waals surface area (Å²) >= 11 is 0. The Morgan fingerprint density at radius 2 is 2.35 bits per heavy atom. The van der Waals surface area contributed by atoms with Crippen LogP contribution in [0.4, 0.5) is 5.82 Å². The van der Waals surface area contributed by atoms with Crippen LogP contribution in [-0.2, 0) is 0 Å². The van der Waals surface area contributed by atoms with Gasteiger partial charge in [-0.25, -0.2) is 9.89 Å². The number of H-pyrrole nitrogens is 1. The maximum atomic E-state index is 11.4.